The standard InChI is InChI=1S/C25H24FN3O5S/c26-22-8-4-5-9-23(22)28-14-16-29(17-15-28)24(30)18-34-25(31)19-10-12-20(13-11-19)27-35(32,33)21-6-2-1-3-7-21/h1-13,27H,14-18H2. The third kappa shape index (κ3) is 5.96. The molecule has 1 aliphatic heterocycles. The lowest BCUT2D eigenvalue weighted by Gasteiger charge is -2.36. The predicted molar refractivity (Wildman–Crippen MR) is 129 cm³/mol. The van der Waals surface area contributed by atoms with Crippen LogP contribution in [-0.4, -0.2) is 58.0 Å². The zero-order chi connectivity index (χ0) is 24.8. The number of sulfonamides is 1. The highest BCUT2D eigenvalue weighted by Gasteiger charge is 2.23. The molecular weight excluding hydrogens is 473 g/mol. The van der Waals surface area contributed by atoms with Crippen molar-refractivity contribution in [1.82, 2.24) is 4.90 Å². The summed E-state index contributed by atoms with van der Waals surface area (Å²) in [4.78, 5) is 28.4. The highest BCUT2D eigenvalue weighted by atomic mass is 32.2. The minimum atomic E-state index is -3.75. The fraction of sp³-hybridized carbons (Fsp3) is 0.200. The molecule has 1 N–H and O–H groups in total. The third-order valence-corrected chi connectivity index (χ3v) is 6.98. The second-order valence-corrected chi connectivity index (χ2v) is 9.57. The van der Waals surface area contributed by atoms with Gasteiger partial charge in [-0.3, -0.25) is 9.52 Å². The minimum absolute atomic E-state index is 0.122. The average Bonchev–Trinajstić information content (AvgIpc) is 2.88. The van der Waals surface area contributed by atoms with E-state index in [4.69, 9.17) is 4.74 Å². The zero-order valence-corrected chi connectivity index (χ0v) is 19.6. The molecule has 182 valence electrons. The number of anilines is 2. The van der Waals surface area contributed by atoms with Gasteiger partial charge in [-0.15, -0.1) is 0 Å². The third-order valence-electron chi connectivity index (χ3n) is 5.58. The largest absolute Gasteiger partial charge is 0.452 e. The van der Waals surface area contributed by atoms with Crippen LogP contribution in [0.25, 0.3) is 0 Å². The Kier molecular flexibility index (Phi) is 7.31. The summed E-state index contributed by atoms with van der Waals surface area (Å²) in [5.41, 5.74) is 0.972. The SMILES string of the molecule is O=C(OCC(=O)N1CCN(c2ccccc2F)CC1)c1ccc(NS(=O)(=O)c2ccccc2)cc1. The molecule has 1 amide bonds. The Morgan fingerprint density at radius 3 is 2.14 bits per heavy atom. The zero-order valence-electron chi connectivity index (χ0n) is 18.8. The van der Waals surface area contributed by atoms with E-state index in [-0.39, 0.29) is 27.9 Å². The number of hydrogen-bond donors (Lipinski definition) is 1. The molecule has 1 fully saturated rings. The van der Waals surface area contributed by atoms with Crippen molar-refractivity contribution >= 4 is 33.3 Å². The number of ether oxygens (including phenoxy) is 1. The molecule has 0 bridgehead atoms. The molecule has 10 heteroatoms. The van der Waals surface area contributed by atoms with Crippen LogP contribution in [0.5, 0.6) is 0 Å². The van der Waals surface area contributed by atoms with Crippen LogP contribution in [0.2, 0.25) is 0 Å². The second kappa shape index (κ2) is 10.6. The number of esters is 1. The van der Waals surface area contributed by atoms with Gasteiger partial charge in [-0.05, 0) is 48.5 Å². The molecule has 3 aromatic carbocycles. The Morgan fingerprint density at radius 2 is 1.49 bits per heavy atom. The summed E-state index contributed by atoms with van der Waals surface area (Å²) in [5, 5.41) is 0. The first-order chi connectivity index (χ1) is 16.8. The van der Waals surface area contributed by atoms with Crippen LogP contribution in [0.3, 0.4) is 0 Å². The molecular formula is C25H24FN3O5S. The van der Waals surface area contributed by atoms with E-state index in [9.17, 15) is 22.4 Å². The molecule has 0 radical (unpaired) electrons. The van der Waals surface area contributed by atoms with Gasteiger partial charge in [-0.1, -0.05) is 30.3 Å². The van der Waals surface area contributed by atoms with Crippen molar-refractivity contribution in [2.24, 2.45) is 0 Å². The quantitative estimate of drug-likeness (QED) is 0.504. The van der Waals surface area contributed by atoms with E-state index in [2.05, 4.69) is 4.72 Å². The van der Waals surface area contributed by atoms with Crippen molar-refractivity contribution in [2.75, 3.05) is 42.4 Å². The monoisotopic (exact) mass is 497 g/mol. The predicted octanol–water partition coefficient (Wildman–Crippen LogP) is 3.13. The molecule has 8 nitrogen and oxygen atoms in total. The van der Waals surface area contributed by atoms with Crippen molar-refractivity contribution < 1.29 is 27.1 Å². The number of piperazine rings is 1. The van der Waals surface area contributed by atoms with Gasteiger partial charge in [0.25, 0.3) is 15.9 Å². The van der Waals surface area contributed by atoms with Gasteiger partial charge in [0.2, 0.25) is 0 Å². The topological polar surface area (TPSA) is 96.0 Å². The van der Waals surface area contributed by atoms with Gasteiger partial charge >= 0.3 is 5.97 Å². The van der Waals surface area contributed by atoms with Crippen LogP contribution in [-0.2, 0) is 19.6 Å². The number of hydrogen-bond acceptors (Lipinski definition) is 6. The van der Waals surface area contributed by atoms with E-state index in [0.29, 0.717) is 31.9 Å². The van der Waals surface area contributed by atoms with Gasteiger partial charge in [0.05, 0.1) is 16.1 Å². The van der Waals surface area contributed by atoms with E-state index in [1.807, 2.05) is 4.90 Å². The van der Waals surface area contributed by atoms with Crippen molar-refractivity contribution in [3.05, 3.63) is 90.2 Å². The Bertz CT molecular complexity index is 1290. The first-order valence-electron chi connectivity index (χ1n) is 11.0. The lowest BCUT2D eigenvalue weighted by Crippen LogP contribution is -2.50. The van der Waals surface area contributed by atoms with Crippen molar-refractivity contribution in [3.63, 3.8) is 0 Å². The summed E-state index contributed by atoms with van der Waals surface area (Å²) >= 11 is 0. The van der Waals surface area contributed by atoms with Crippen LogP contribution < -0.4 is 9.62 Å². The minimum Gasteiger partial charge on any atom is -0.452 e. The molecule has 0 spiro atoms. The Labute approximate surface area is 203 Å². The molecule has 1 heterocycles. The number of rotatable bonds is 7. The highest BCUT2D eigenvalue weighted by Crippen LogP contribution is 2.20. The van der Waals surface area contributed by atoms with Crippen LogP contribution in [0.15, 0.2) is 83.8 Å². The smallest absolute Gasteiger partial charge is 0.338 e. The number of halogens is 1. The number of benzene rings is 3. The Morgan fingerprint density at radius 1 is 0.857 bits per heavy atom. The van der Waals surface area contributed by atoms with E-state index in [1.165, 1.54) is 42.5 Å². The Balaban J connectivity index is 1.26. The fourth-order valence-corrected chi connectivity index (χ4v) is 4.77. The molecule has 4 rings (SSSR count). The molecule has 0 aromatic heterocycles. The van der Waals surface area contributed by atoms with Crippen molar-refractivity contribution in [1.29, 1.82) is 0 Å². The lowest BCUT2D eigenvalue weighted by molar-refractivity contribution is -0.134. The number of nitrogens with one attached hydrogen (secondary N) is 1. The van der Waals surface area contributed by atoms with E-state index >= 15 is 0 Å². The van der Waals surface area contributed by atoms with E-state index in [0.717, 1.165) is 0 Å². The van der Waals surface area contributed by atoms with E-state index in [1.54, 1.807) is 41.3 Å². The van der Waals surface area contributed by atoms with Gasteiger partial charge in [-0.2, -0.15) is 0 Å². The van der Waals surface area contributed by atoms with Crippen LogP contribution in [0.1, 0.15) is 10.4 Å². The maximum atomic E-state index is 14.0. The number of amides is 1. The summed E-state index contributed by atoms with van der Waals surface area (Å²) in [6.45, 7) is 1.31. The van der Waals surface area contributed by atoms with Gasteiger partial charge in [-0.25, -0.2) is 17.6 Å². The van der Waals surface area contributed by atoms with E-state index < -0.39 is 22.6 Å². The molecule has 35 heavy (non-hydrogen) atoms. The van der Waals surface area contributed by atoms with Gasteiger partial charge in [0, 0.05) is 31.9 Å². The summed E-state index contributed by atoms with van der Waals surface area (Å²) in [7, 11) is -3.75. The molecule has 1 aliphatic rings. The van der Waals surface area contributed by atoms with Gasteiger partial charge in [0.15, 0.2) is 6.61 Å². The molecule has 0 atom stereocenters. The number of nitrogens with zero attached hydrogens (tertiary/aromatic N) is 2. The normalized spacial score (nSPS) is 13.9. The summed E-state index contributed by atoms with van der Waals surface area (Å²) < 4.78 is 46.4. The second-order valence-electron chi connectivity index (χ2n) is 7.89. The van der Waals surface area contributed by atoms with Crippen LogP contribution in [0, 0.1) is 5.82 Å². The molecule has 3 aromatic rings. The molecule has 0 aliphatic carbocycles. The summed E-state index contributed by atoms with van der Waals surface area (Å²) in [6, 6.07) is 20.1. The molecule has 1 saturated heterocycles. The van der Waals surface area contributed by atoms with Gasteiger partial charge in [0.1, 0.15) is 5.82 Å². The number of para-hydroxylation sites is 1. The summed E-state index contributed by atoms with van der Waals surface area (Å²) in [5.74, 6) is -1.33. The fourth-order valence-electron chi connectivity index (χ4n) is 3.69. The van der Waals surface area contributed by atoms with Crippen LogP contribution >= 0.6 is 0 Å². The lowest BCUT2D eigenvalue weighted by atomic mass is 10.2. The number of carbonyl (C=O) groups is 2. The number of carbonyl (C=O) groups excluding carboxylic acids is 2. The highest BCUT2D eigenvalue weighted by molar-refractivity contribution is 7.92. The summed E-state index contributed by atoms with van der Waals surface area (Å²) in [6.07, 6.45) is 0. The average molecular weight is 498 g/mol. The van der Waals surface area contributed by atoms with Gasteiger partial charge < -0.3 is 14.5 Å². The molecule has 0 saturated carbocycles. The van der Waals surface area contributed by atoms with Crippen molar-refractivity contribution in [2.45, 2.75) is 4.90 Å². The molecule has 0 unspecified atom stereocenters. The van der Waals surface area contributed by atoms with Crippen molar-refractivity contribution in [3.8, 4) is 0 Å². The Hall–Kier alpha value is -3.92. The maximum absolute atomic E-state index is 14.0. The maximum Gasteiger partial charge on any atom is 0.338 e. The van der Waals surface area contributed by atoms with Crippen LogP contribution in [0.4, 0.5) is 15.8 Å². The first-order valence-corrected chi connectivity index (χ1v) is 12.4. The first kappa shape index (κ1) is 24.2.